The molecule has 0 aliphatic rings. The van der Waals surface area contributed by atoms with E-state index in [0.717, 1.165) is 17.3 Å². The normalized spacial score (nSPS) is 10.4. The van der Waals surface area contributed by atoms with Gasteiger partial charge in [0.1, 0.15) is 17.3 Å². The maximum atomic E-state index is 12.3. The first kappa shape index (κ1) is 21.9. The number of amides is 1. The molecule has 0 atom stereocenters. The highest BCUT2D eigenvalue weighted by molar-refractivity contribution is 7.09. The van der Waals surface area contributed by atoms with Crippen molar-refractivity contribution in [3.8, 4) is 0 Å². The number of carbonyl (C=O) groups is 2. The van der Waals surface area contributed by atoms with Crippen LogP contribution in [0.2, 0.25) is 0 Å². The number of rotatable bonds is 8. The van der Waals surface area contributed by atoms with E-state index in [1.54, 1.807) is 12.4 Å². The predicted molar refractivity (Wildman–Crippen MR) is 117 cm³/mol. The number of esters is 1. The van der Waals surface area contributed by atoms with Crippen molar-refractivity contribution in [2.45, 2.75) is 20.0 Å². The van der Waals surface area contributed by atoms with Crippen LogP contribution in [0.25, 0.3) is 0 Å². The Balaban J connectivity index is 1.57. The summed E-state index contributed by atoms with van der Waals surface area (Å²) in [5.41, 5.74) is 2.36. The van der Waals surface area contributed by atoms with Gasteiger partial charge < -0.3 is 15.4 Å². The number of hydrogen-bond donors (Lipinski definition) is 2. The molecule has 31 heavy (non-hydrogen) atoms. The molecule has 1 aromatic heterocycles. The SMILES string of the molecule is CNc1ccc(C(=O)OCc2csc(CC(=O)Nc3ccccc3C)n2)cc1[N+](=O)[O-]. The van der Waals surface area contributed by atoms with E-state index in [4.69, 9.17) is 4.74 Å². The van der Waals surface area contributed by atoms with Crippen LogP contribution in [0, 0.1) is 17.0 Å². The summed E-state index contributed by atoms with van der Waals surface area (Å²) >= 11 is 1.29. The summed E-state index contributed by atoms with van der Waals surface area (Å²) in [5, 5.41) is 19.0. The van der Waals surface area contributed by atoms with E-state index in [1.807, 2.05) is 31.2 Å². The number of carbonyl (C=O) groups excluding carboxylic acids is 2. The molecule has 160 valence electrons. The molecule has 0 bridgehead atoms. The fraction of sp³-hybridized carbons (Fsp3) is 0.190. The number of thiazole rings is 1. The fourth-order valence-electron chi connectivity index (χ4n) is 2.79. The van der Waals surface area contributed by atoms with Crippen molar-refractivity contribution in [3.63, 3.8) is 0 Å². The van der Waals surface area contributed by atoms with Crippen LogP contribution >= 0.6 is 11.3 Å². The second kappa shape index (κ2) is 9.81. The van der Waals surface area contributed by atoms with E-state index in [1.165, 1.54) is 23.5 Å². The molecule has 9 nitrogen and oxygen atoms in total. The average molecular weight is 440 g/mol. The van der Waals surface area contributed by atoms with Gasteiger partial charge in [0.25, 0.3) is 5.69 Å². The predicted octanol–water partition coefficient (Wildman–Crippen LogP) is 3.94. The molecular formula is C21H20N4O5S. The molecule has 2 aromatic carbocycles. The van der Waals surface area contributed by atoms with Gasteiger partial charge in [-0.2, -0.15) is 0 Å². The maximum Gasteiger partial charge on any atom is 0.338 e. The first-order valence-electron chi connectivity index (χ1n) is 9.29. The van der Waals surface area contributed by atoms with Gasteiger partial charge in [-0.3, -0.25) is 14.9 Å². The molecule has 0 saturated carbocycles. The van der Waals surface area contributed by atoms with Crippen LogP contribution < -0.4 is 10.6 Å². The Morgan fingerprint density at radius 3 is 2.68 bits per heavy atom. The molecule has 0 unspecified atom stereocenters. The molecule has 3 aromatic rings. The van der Waals surface area contributed by atoms with Crippen molar-refractivity contribution in [3.05, 3.63) is 79.8 Å². The number of ether oxygens (including phenoxy) is 1. The van der Waals surface area contributed by atoms with Gasteiger partial charge in [-0.25, -0.2) is 9.78 Å². The highest BCUT2D eigenvalue weighted by atomic mass is 32.1. The molecule has 2 N–H and O–H groups in total. The third kappa shape index (κ3) is 5.64. The molecule has 0 aliphatic carbocycles. The Morgan fingerprint density at radius 1 is 1.19 bits per heavy atom. The number of aryl methyl sites for hydroxylation is 1. The monoisotopic (exact) mass is 440 g/mol. The second-order valence-corrected chi connectivity index (χ2v) is 7.53. The first-order chi connectivity index (χ1) is 14.9. The van der Waals surface area contributed by atoms with Crippen molar-refractivity contribution in [1.29, 1.82) is 0 Å². The Bertz CT molecular complexity index is 1130. The van der Waals surface area contributed by atoms with Crippen molar-refractivity contribution in [1.82, 2.24) is 4.98 Å². The van der Waals surface area contributed by atoms with E-state index in [-0.39, 0.29) is 30.2 Å². The largest absolute Gasteiger partial charge is 0.456 e. The Hall–Kier alpha value is -3.79. The first-order valence-corrected chi connectivity index (χ1v) is 10.2. The molecule has 1 amide bonds. The van der Waals surface area contributed by atoms with Crippen LogP contribution in [-0.2, 0) is 22.6 Å². The summed E-state index contributed by atoms with van der Waals surface area (Å²) in [7, 11) is 1.56. The third-order valence-electron chi connectivity index (χ3n) is 4.38. The lowest BCUT2D eigenvalue weighted by atomic mass is 10.1. The number of benzene rings is 2. The Labute approximate surface area is 182 Å². The summed E-state index contributed by atoms with van der Waals surface area (Å²) in [6.45, 7) is 1.81. The number of nitrogens with zero attached hydrogens (tertiary/aromatic N) is 2. The molecule has 3 rings (SSSR count). The number of anilines is 2. The topological polar surface area (TPSA) is 123 Å². The molecule has 0 radical (unpaired) electrons. The van der Waals surface area contributed by atoms with E-state index in [0.29, 0.717) is 16.4 Å². The van der Waals surface area contributed by atoms with Crippen molar-refractivity contribution in [2.75, 3.05) is 17.7 Å². The molecular weight excluding hydrogens is 420 g/mol. The second-order valence-electron chi connectivity index (χ2n) is 6.59. The lowest BCUT2D eigenvalue weighted by Crippen LogP contribution is -2.15. The Morgan fingerprint density at radius 2 is 1.97 bits per heavy atom. The quantitative estimate of drug-likeness (QED) is 0.309. The van der Waals surface area contributed by atoms with Crippen molar-refractivity contribution >= 4 is 40.3 Å². The van der Waals surface area contributed by atoms with Crippen LogP contribution in [0.15, 0.2) is 47.8 Å². The molecule has 0 spiro atoms. The van der Waals surface area contributed by atoms with Crippen molar-refractivity contribution < 1.29 is 19.2 Å². The van der Waals surface area contributed by atoms with Crippen LogP contribution in [0.4, 0.5) is 17.1 Å². The van der Waals surface area contributed by atoms with Crippen LogP contribution in [0.5, 0.6) is 0 Å². The van der Waals surface area contributed by atoms with Gasteiger partial charge in [0.05, 0.1) is 22.6 Å². The number of nitro groups is 1. The number of aromatic nitrogens is 1. The summed E-state index contributed by atoms with van der Waals surface area (Å²) in [4.78, 5) is 39.4. The van der Waals surface area contributed by atoms with Gasteiger partial charge in [0, 0.05) is 24.2 Å². The number of hydrogen-bond acceptors (Lipinski definition) is 8. The smallest absolute Gasteiger partial charge is 0.338 e. The maximum absolute atomic E-state index is 12.3. The van der Waals surface area contributed by atoms with Gasteiger partial charge in [-0.05, 0) is 30.7 Å². The molecule has 0 aliphatic heterocycles. The van der Waals surface area contributed by atoms with Crippen LogP contribution in [-0.4, -0.2) is 28.8 Å². The standard InChI is InChI=1S/C21H20N4O5S/c1-13-5-3-4-6-16(13)24-19(26)10-20-23-15(12-31-20)11-30-21(27)14-7-8-17(22-2)18(9-14)25(28)29/h3-9,12,22H,10-11H2,1-2H3,(H,24,26). The zero-order chi connectivity index (χ0) is 22.4. The van der Waals surface area contributed by atoms with Gasteiger partial charge in [-0.15, -0.1) is 11.3 Å². The van der Waals surface area contributed by atoms with Gasteiger partial charge in [0.2, 0.25) is 5.91 Å². The van der Waals surface area contributed by atoms with E-state index >= 15 is 0 Å². The lowest BCUT2D eigenvalue weighted by Gasteiger charge is -2.07. The van der Waals surface area contributed by atoms with Crippen LogP contribution in [0.3, 0.4) is 0 Å². The Kier molecular flexibility index (Phi) is 6.93. The summed E-state index contributed by atoms with van der Waals surface area (Å²) in [6, 6.07) is 11.5. The molecule has 0 fully saturated rings. The van der Waals surface area contributed by atoms with Gasteiger partial charge in [0.15, 0.2) is 0 Å². The van der Waals surface area contributed by atoms with Gasteiger partial charge >= 0.3 is 5.97 Å². The van der Waals surface area contributed by atoms with Crippen LogP contribution in [0.1, 0.15) is 26.6 Å². The minimum atomic E-state index is -0.697. The number of para-hydroxylation sites is 1. The molecule has 10 heteroatoms. The number of nitrogens with one attached hydrogen (secondary N) is 2. The minimum absolute atomic E-state index is 0.0683. The van der Waals surface area contributed by atoms with Crippen molar-refractivity contribution in [2.24, 2.45) is 0 Å². The zero-order valence-electron chi connectivity index (χ0n) is 16.9. The van der Waals surface area contributed by atoms with E-state index in [2.05, 4.69) is 15.6 Å². The molecule has 1 heterocycles. The minimum Gasteiger partial charge on any atom is -0.456 e. The molecule has 0 saturated heterocycles. The summed E-state index contributed by atoms with van der Waals surface area (Å²) < 4.78 is 5.21. The average Bonchev–Trinajstić information content (AvgIpc) is 3.20. The highest BCUT2D eigenvalue weighted by Gasteiger charge is 2.18. The summed E-state index contributed by atoms with van der Waals surface area (Å²) in [6.07, 6.45) is 0.102. The zero-order valence-corrected chi connectivity index (χ0v) is 17.7. The third-order valence-corrected chi connectivity index (χ3v) is 5.28. The number of nitro benzene ring substituents is 1. The van der Waals surface area contributed by atoms with E-state index in [9.17, 15) is 19.7 Å². The summed E-state index contributed by atoms with van der Waals surface area (Å²) in [5.74, 6) is -0.887. The fourth-order valence-corrected chi connectivity index (χ4v) is 3.56. The van der Waals surface area contributed by atoms with Gasteiger partial charge in [-0.1, -0.05) is 18.2 Å². The van der Waals surface area contributed by atoms with E-state index < -0.39 is 10.9 Å². The lowest BCUT2D eigenvalue weighted by molar-refractivity contribution is -0.384. The highest BCUT2D eigenvalue weighted by Crippen LogP contribution is 2.25.